The molecule has 8 heteroatoms. The third-order valence-electron chi connectivity index (χ3n) is 4.74. The van der Waals surface area contributed by atoms with Gasteiger partial charge in [-0.3, -0.25) is 0 Å². The number of urea groups is 1. The van der Waals surface area contributed by atoms with Crippen LogP contribution in [-0.2, 0) is 14.8 Å². The minimum atomic E-state index is -3.45. The van der Waals surface area contributed by atoms with Crippen molar-refractivity contribution < 1.29 is 17.9 Å². The molecule has 2 atom stereocenters. The number of carbonyl (C=O) groups is 1. The van der Waals surface area contributed by atoms with Crippen LogP contribution in [0.25, 0.3) is 0 Å². The Hall–Kier alpha value is -2.42. The number of hydrogen-bond donors (Lipinski definition) is 3. The number of ether oxygens (including phenoxy) is 1. The largest absolute Gasteiger partial charge is 0.377 e. The second kappa shape index (κ2) is 9.87. The van der Waals surface area contributed by atoms with Gasteiger partial charge in [-0.25, -0.2) is 17.9 Å². The molecule has 0 aromatic heterocycles. The third-order valence-corrected chi connectivity index (χ3v) is 6.26. The highest BCUT2D eigenvalue weighted by atomic mass is 32.2. The highest BCUT2D eigenvalue weighted by Gasteiger charge is 2.23. The van der Waals surface area contributed by atoms with Crippen molar-refractivity contribution >= 4 is 27.4 Å². The van der Waals surface area contributed by atoms with Gasteiger partial charge in [-0.15, -0.1) is 0 Å². The minimum absolute atomic E-state index is 0.0172. The standard InChI is InChI=1S/C21H27N3O4S/c1-16(24-29(26,27)15-20-9-5-6-14-28-20)17-10-12-19(13-11-17)23-21(25)22-18-7-3-2-4-8-18/h2-4,7-8,10-13,16,20,24H,5-6,9,14-15H2,1H3,(H2,22,23,25). The normalized spacial score (nSPS) is 18.0. The van der Waals surface area contributed by atoms with Crippen molar-refractivity contribution in [2.75, 3.05) is 23.0 Å². The molecule has 3 N–H and O–H groups in total. The van der Waals surface area contributed by atoms with Crippen LogP contribution in [-0.4, -0.2) is 32.9 Å². The summed E-state index contributed by atoms with van der Waals surface area (Å²) in [7, 11) is -3.45. The van der Waals surface area contributed by atoms with E-state index >= 15 is 0 Å². The zero-order chi connectivity index (χ0) is 20.7. The van der Waals surface area contributed by atoms with Gasteiger partial charge in [0.1, 0.15) is 0 Å². The van der Waals surface area contributed by atoms with Crippen LogP contribution in [0.15, 0.2) is 54.6 Å². The summed E-state index contributed by atoms with van der Waals surface area (Å²) in [5.41, 5.74) is 2.13. The van der Waals surface area contributed by atoms with Crippen molar-refractivity contribution in [1.82, 2.24) is 4.72 Å². The Bertz CT molecular complexity index is 895. The molecule has 0 aliphatic carbocycles. The van der Waals surface area contributed by atoms with Gasteiger partial charge in [0, 0.05) is 24.0 Å². The molecule has 1 saturated heterocycles. The van der Waals surface area contributed by atoms with E-state index in [1.54, 1.807) is 43.3 Å². The fourth-order valence-electron chi connectivity index (χ4n) is 3.24. The van der Waals surface area contributed by atoms with Crippen molar-refractivity contribution in [2.45, 2.75) is 38.3 Å². The number of sulfonamides is 1. The summed E-state index contributed by atoms with van der Waals surface area (Å²) in [6.45, 7) is 2.42. The molecular weight excluding hydrogens is 390 g/mol. The Morgan fingerprint density at radius 2 is 1.69 bits per heavy atom. The number of benzene rings is 2. The predicted molar refractivity (Wildman–Crippen MR) is 114 cm³/mol. The molecule has 1 aliphatic rings. The maximum absolute atomic E-state index is 12.4. The second-order valence-electron chi connectivity index (χ2n) is 7.18. The van der Waals surface area contributed by atoms with Gasteiger partial charge in [0.25, 0.3) is 0 Å². The number of rotatable bonds is 7. The molecule has 1 fully saturated rings. The van der Waals surface area contributed by atoms with Crippen LogP contribution in [0.4, 0.5) is 16.2 Å². The molecular formula is C21H27N3O4S. The van der Waals surface area contributed by atoms with Crippen molar-refractivity contribution in [3.05, 3.63) is 60.2 Å². The average molecular weight is 418 g/mol. The molecule has 29 heavy (non-hydrogen) atoms. The zero-order valence-corrected chi connectivity index (χ0v) is 17.2. The van der Waals surface area contributed by atoms with Crippen LogP contribution in [0.1, 0.15) is 37.8 Å². The molecule has 2 amide bonds. The molecule has 2 aromatic rings. The lowest BCUT2D eigenvalue weighted by molar-refractivity contribution is 0.0303. The molecule has 2 unspecified atom stereocenters. The molecule has 2 aromatic carbocycles. The van der Waals surface area contributed by atoms with Gasteiger partial charge in [-0.1, -0.05) is 30.3 Å². The van der Waals surface area contributed by atoms with E-state index in [0.29, 0.717) is 18.0 Å². The van der Waals surface area contributed by atoms with E-state index in [2.05, 4.69) is 15.4 Å². The third kappa shape index (κ3) is 6.85. The maximum atomic E-state index is 12.4. The van der Waals surface area contributed by atoms with Crippen LogP contribution < -0.4 is 15.4 Å². The maximum Gasteiger partial charge on any atom is 0.323 e. The van der Waals surface area contributed by atoms with Gasteiger partial charge in [0.15, 0.2) is 0 Å². The predicted octanol–water partition coefficient (Wildman–Crippen LogP) is 3.88. The lowest BCUT2D eigenvalue weighted by Crippen LogP contribution is -2.36. The van der Waals surface area contributed by atoms with E-state index in [9.17, 15) is 13.2 Å². The zero-order valence-electron chi connectivity index (χ0n) is 16.4. The average Bonchev–Trinajstić information content (AvgIpc) is 2.69. The second-order valence-corrected chi connectivity index (χ2v) is 8.98. The number of nitrogens with one attached hydrogen (secondary N) is 3. The first-order valence-corrected chi connectivity index (χ1v) is 11.4. The van der Waals surface area contributed by atoms with E-state index in [1.165, 1.54) is 0 Å². The summed E-state index contributed by atoms with van der Waals surface area (Å²) in [4.78, 5) is 12.1. The smallest absolute Gasteiger partial charge is 0.323 e. The molecule has 1 aliphatic heterocycles. The van der Waals surface area contributed by atoms with Crippen molar-refractivity contribution in [1.29, 1.82) is 0 Å². The van der Waals surface area contributed by atoms with Gasteiger partial charge in [0.2, 0.25) is 10.0 Å². The van der Waals surface area contributed by atoms with Gasteiger partial charge in [-0.05, 0) is 56.0 Å². The van der Waals surface area contributed by atoms with E-state index in [-0.39, 0.29) is 23.9 Å². The molecule has 3 rings (SSSR count). The topological polar surface area (TPSA) is 96.5 Å². The number of carbonyl (C=O) groups excluding carboxylic acids is 1. The fraction of sp³-hybridized carbons (Fsp3) is 0.381. The Morgan fingerprint density at radius 1 is 1.03 bits per heavy atom. The highest BCUT2D eigenvalue weighted by Crippen LogP contribution is 2.19. The quantitative estimate of drug-likeness (QED) is 0.637. The number of hydrogen-bond acceptors (Lipinski definition) is 4. The lowest BCUT2D eigenvalue weighted by atomic mass is 10.1. The monoisotopic (exact) mass is 417 g/mol. The summed E-state index contributed by atoms with van der Waals surface area (Å²) in [6, 6.07) is 15.5. The SMILES string of the molecule is CC(NS(=O)(=O)CC1CCCCO1)c1ccc(NC(=O)Nc2ccccc2)cc1. The number of para-hydroxylation sites is 1. The fourth-order valence-corrected chi connectivity index (χ4v) is 4.76. The van der Waals surface area contributed by atoms with Crippen LogP contribution in [0.3, 0.4) is 0 Å². The van der Waals surface area contributed by atoms with Crippen LogP contribution in [0.2, 0.25) is 0 Å². The van der Waals surface area contributed by atoms with Crippen molar-refractivity contribution in [3.63, 3.8) is 0 Å². The van der Waals surface area contributed by atoms with Crippen LogP contribution >= 0.6 is 0 Å². The van der Waals surface area contributed by atoms with Gasteiger partial charge in [-0.2, -0.15) is 0 Å². The molecule has 0 saturated carbocycles. The highest BCUT2D eigenvalue weighted by molar-refractivity contribution is 7.89. The van der Waals surface area contributed by atoms with E-state index in [0.717, 1.165) is 24.8 Å². The van der Waals surface area contributed by atoms with E-state index in [4.69, 9.17) is 4.74 Å². The Balaban J connectivity index is 1.52. The number of amides is 2. The summed E-state index contributed by atoms with van der Waals surface area (Å²) >= 11 is 0. The van der Waals surface area contributed by atoms with Crippen LogP contribution in [0.5, 0.6) is 0 Å². The molecule has 7 nitrogen and oxygen atoms in total. The molecule has 1 heterocycles. The summed E-state index contributed by atoms with van der Waals surface area (Å²) in [6.07, 6.45) is 2.54. The minimum Gasteiger partial charge on any atom is -0.377 e. The Kier molecular flexibility index (Phi) is 7.24. The molecule has 0 bridgehead atoms. The molecule has 156 valence electrons. The first kappa shape index (κ1) is 21.3. The van der Waals surface area contributed by atoms with Crippen LogP contribution in [0, 0.1) is 0 Å². The van der Waals surface area contributed by atoms with Gasteiger partial charge in [0.05, 0.1) is 11.9 Å². The molecule has 0 spiro atoms. The summed E-state index contributed by atoms with van der Waals surface area (Å²) < 4.78 is 33.1. The number of anilines is 2. The summed E-state index contributed by atoms with van der Waals surface area (Å²) in [5, 5.41) is 5.50. The van der Waals surface area contributed by atoms with E-state index < -0.39 is 10.0 Å². The first-order chi connectivity index (χ1) is 13.9. The Morgan fingerprint density at radius 3 is 2.31 bits per heavy atom. The van der Waals surface area contributed by atoms with E-state index in [1.807, 2.05) is 18.2 Å². The Labute approximate surface area is 171 Å². The van der Waals surface area contributed by atoms with Gasteiger partial charge < -0.3 is 15.4 Å². The first-order valence-electron chi connectivity index (χ1n) is 9.76. The van der Waals surface area contributed by atoms with Crippen molar-refractivity contribution in [2.24, 2.45) is 0 Å². The lowest BCUT2D eigenvalue weighted by Gasteiger charge is -2.23. The summed E-state index contributed by atoms with van der Waals surface area (Å²) in [5.74, 6) is -0.0172. The van der Waals surface area contributed by atoms with Crippen molar-refractivity contribution in [3.8, 4) is 0 Å². The molecule has 0 radical (unpaired) electrons. The van der Waals surface area contributed by atoms with Gasteiger partial charge >= 0.3 is 6.03 Å².